The van der Waals surface area contributed by atoms with Crippen LogP contribution in [-0.2, 0) is 6.54 Å². The molecule has 1 unspecified atom stereocenters. The molecule has 0 bridgehead atoms. The molecule has 2 heterocycles. The lowest BCUT2D eigenvalue weighted by molar-refractivity contribution is 0.157. The summed E-state index contributed by atoms with van der Waals surface area (Å²) in [6.07, 6.45) is 5.25. The van der Waals surface area contributed by atoms with Gasteiger partial charge >= 0.3 is 0 Å². The molecule has 2 saturated heterocycles. The SMILES string of the molecule is COc1ccc(CN2CCC(C3CCCN3)CC2)c(Cl)c1OC.Cl. The van der Waals surface area contributed by atoms with E-state index in [0.29, 0.717) is 16.5 Å². The van der Waals surface area contributed by atoms with Gasteiger partial charge in [-0.2, -0.15) is 0 Å². The van der Waals surface area contributed by atoms with Gasteiger partial charge in [-0.25, -0.2) is 0 Å². The van der Waals surface area contributed by atoms with Crippen LogP contribution in [0.2, 0.25) is 5.02 Å². The first-order valence-corrected chi connectivity index (χ1v) is 8.95. The van der Waals surface area contributed by atoms with Crippen LogP contribution in [0.5, 0.6) is 11.5 Å². The lowest BCUT2D eigenvalue weighted by Gasteiger charge is -2.35. The molecule has 136 valence electrons. The molecular weight excluding hydrogens is 347 g/mol. The first kappa shape index (κ1) is 19.6. The van der Waals surface area contributed by atoms with E-state index in [-0.39, 0.29) is 12.4 Å². The van der Waals surface area contributed by atoms with Gasteiger partial charge in [-0.05, 0) is 62.9 Å². The fourth-order valence-electron chi connectivity index (χ4n) is 3.92. The maximum atomic E-state index is 6.50. The Morgan fingerprint density at radius 3 is 2.50 bits per heavy atom. The second-order valence-electron chi connectivity index (χ2n) is 6.59. The molecule has 2 aliphatic rings. The summed E-state index contributed by atoms with van der Waals surface area (Å²) in [4.78, 5) is 2.50. The van der Waals surface area contributed by atoms with Crippen molar-refractivity contribution in [2.24, 2.45) is 5.92 Å². The van der Waals surface area contributed by atoms with E-state index in [1.54, 1.807) is 14.2 Å². The number of rotatable bonds is 5. The molecule has 1 N–H and O–H groups in total. The van der Waals surface area contributed by atoms with Crippen molar-refractivity contribution in [1.82, 2.24) is 10.2 Å². The summed E-state index contributed by atoms with van der Waals surface area (Å²) in [5.74, 6) is 2.17. The van der Waals surface area contributed by atoms with Crippen molar-refractivity contribution >= 4 is 24.0 Å². The molecule has 6 heteroatoms. The third-order valence-electron chi connectivity index (χ3n) is 5.26. The van der Waals surface area contributed by atoms with Crippen LogP contribution in [0.4, 0.5) is 0 Å². The van der Waals surface area contributed by atoms with Crippen LogP contribution in [0.1, 0.15) is 31.2 Å². The molecule has 0 aliphatic carbocycles. The molecule has 1 aromatic carbocycles. The normalized spacial score (nSPS) is 22.2. The van der Waals surface area contributed by atoms with Crippen molar-refractivity contribution in [3.05, 3.63) is 22.7 Å². The summed E-state index contributed by atoms with van der Waals surface area (Å²) < 4.78 is 10.7. The Morgan fingerprint density at radius 1 is 1.17 bits per heavy atom. The molecule has 0 saturated carbocycles. The van der Waals surface area contributed by atoms with Crippen LogP contribution in [0.3, 0.4) is 0 Å². The van der Waals surface area contributed by atoms with Gasteiger partial charge in [-0.15, -0.1) is 12.4 Å². The molecular formula is C18H28Cl2N2O2. The molecule has 2 fully saturated rings. The van der Waals surface area contributed by atoms with E-state index in [1.165, 1.54) is 32.2 Å². The number of piperidine rings is 1. The van der Waals surface area contributed by atoms with Crippen molar-refractivity contribution < 1.29 is 9.47 Å². The number of hydrogen-bond donors (Lipinski definition) is 1. The number of halogens is 2. The molecule has 0 radical (unpaired) electrons. The highest BCUT2D eigenvalue weighted by atomic mass is 35.5. The van der Waals surface area contributed by atoms with E-state index in [1.807, 2.05) is 12.1 Å². The standard InChI is InChI=1S/C18H27ClN2O2.ClH/c1-22-16-6-5-14(17(19)18(16)23-2)12-21-10-7-13(8-11-21)15-4-3-9-20-15;/h5-6,13,15,20H,3-4,7-12H2,1-2H3;1H. The van der Waals surface area contributed by atoms with Gasteiger partial charge in [0.1, 0.15) is 0 Å². The fraction of sp³-hybridized carbons (Fsp3) is 0.667. The fourth-order valence-corrected chi connectivity index (χ4v) is 4.21. The van der Waals surface area contributed by atoms with Gasteiger partial charge in [-0.3, -0.25) is 4.90 Å². The highest BCUT2D eigenvalue weighted by Gasteiger charge is 2.28. The van der Waals surface area contributed by atoms with E-state index < -0.39 is 0 Å². The highest BCUT2D eigenvalue weighted by Crippen LogP contribution is 2.38. The molecule has 0 spiro atoms. The van der Waals surface area contributed by atoms with Gasteiger partial charge in [0.2, 0.25) is 0 Å². The highest BCUT2D eigenvalue weighted by molar-refractivity contribution is 6.33. The number of likely N-dealkylation sites (tertiary alicyclic amines) is 1. The Bertz CT molecular complexity index is 528. The number of ether oxygens (including phenoxy) is 2. The zero-order valence-corrected chi connectivity index (χ0v) is 16.1. The average molecular weight is 375 g/mol. The van der Waals surface area contributed by atoms with Crippen molar-refractivity contribution in [1.29, 1.82) is 0 Å². The zero-order valence-electron chi connectivity index (χ0n) is 14.5. The molecule has 1 atom stereocenters. The van der Waals surface area contributed by atoms with E-state index in [4.69, 9.17) is 21.1 Å². The summed E-state index contributed by atoms with van der Waals surface area (Å²) in [7, 11) is 3.27. The third kappa shape index (κ3) is 4.29. The van der Waals surface area contributed by atoms with Gasteiger partial charge in [0.25, 0.3) is 0 Å². The van der Waals surface area contributed by atoms with Crippen LogP contribution in [-0.4, -0.2) is 44.8 Å². The summed E-state index contributed by atoms with van der Waals surface area (Å²) in [5.41, 5.74) is 1.11. The minimum absolute atomic E-state index is 0. The largest absolute Gasteiger partial charge is 0.493 e. The van der Waals surface area contributed by atoms with E-state index >= 15 is 0 Å². The van der Waals surface area contributed by atoms with Crippen LogP contribution in [0.15, 0.2) is 12.1 Å². The molecule has 0 amide bonds. The molecule has 24 heavy (non-hydrogen) atoms. The quantitative estimate of drug-likeness (QED) is 0.850. The van der Waals surface area contributed by atoms with Crippen LogP contribution < -0.4 is 14.8 Å². The van der Waals surface area contributed by atoms with Crippen molar-refractivity contribution in [2.75, 3.05) is 33.9 Å². The van der Waals surface area contributed by atoms with E-state index in [0.717, 1.165) is 37.2 Å². The Hall–Kier alpha value is -0.680. The average Bonchev–Trinajstić information content (AvgIpc) is 3.11. The van der Waals surface area contributed by atoms with Crippen molar-refractivity contribution in [3.8, 4) is 11.5 Å². The Morgan fingerprint density at radius 2 is 1.92 bits per heavy atom. The van der Waals surface area contributed by atoms with Gasteiger partial charge in [0, 0.05) is 12.6 Å². The monoisotopic (exact) mass is 374 g/mol. The number of benzene rings is 1. The predicted molar refractivity (Wildman–Crippen MR) is 101 cm³/mol. The van der Waals surface area contributed by atoms with Crippen molar-refractivity contribution in [2.45, 2.75) is 38.3 Å². The number of methoxy groups -OCH3 is 2. The molecule has 3 rings (SSSR count). The summed E-state index contributed by atoms with van der Waals surface area (Å²) >= 11 is 6.50. The number of nitrogens with zero attached hydrogens (tertiary/aromatic N) is 1. The molecule has 0 aromatic heterocycles. The van der Waals surface area contributed by atoms with Crippen LogP contribution >= 0.6 is 24.0 Å². The lowest BCUT2D eigenvalue weighted by atomic mass is 9.88. The zero-order chi connectivity index (χ0) is 16.2. The first-order chi connectivity index (χ1) is 11.2. The summed E-state index contributed by atoms with van der Waals surface area (Å²) in [6, 6.07) is 4.74. The van der Waals surface area contributed by atoms with Gasteiger partial charge in [0.05, 0.1) is 19.2 Å². The molecule has 4 nitrogen and oxygen atoms in total. The minimum Gasteiger partial charge on any atom is -0.493 e. The smallest absolute Gasteiger partial charge is 0.179 e. The summed E-state index contributed by atoms with van der Waals surface area (Å²) in [6.45, 7) is 4.37. The summed E-state index contributed by atoms with van der Waals surface area (Å²) in [5, 5.41) is 4.33. The van der Waals surface area contributed by atoms with Crippen molar-refractivity contribution in [3.63, 3.8) is 0 Å². The lowest BCUT2D eigenvalue weighted by Crippen LogP contribution is -2.40. The second-order valence-corrected chi connectivity index (χ2v) is 6.97. The maximum absolute atomic E-state index is 6.50. The van der Waals surface area contributed by atoms with Crippen LogP contribution in [0, 0.1) is 5.92 Å². The van der Waals surface area contributed by atoms with Gasteiger partial charge in [0.15, 0.2) is 11.5 Å². The predicted octanol–water partition coefficient (Wildman–Crippen LogP) is 3.74. The van der Waals surface area contributed by atoms with E-state index in [9.17, 15) is 0 Å². The molecule has 2 aliphatic heterocycles. The number of nitrogens with one attached hydrogen (secondary N) is 1. The maximum Gasteiger partial charge on any atom is 0.179 e. The van der Waals surface area contributed by atoms with Gasteiger partial charge < -0.3 is 14.8 Å². The van der Waals surface area contributed by atoms with Gasteiger partial charge in [-0.1, -0.05) is 17.7 Å². The Kier molecular flexibility index (Phi) is 7.48. The second kappa shape index (κ2) is 9.14. The Balaban J connectivity index is 0.00000208. The third-order valence-corrected chi connectivity index (χ3v) is 5.67. The number of hydrogen-bond acceptors (Lipinski definition) is 4. The van der Waals surface area contributed by atoms with Crippen LogP contribution in [0.25, 0.3) is 0 Å². The van der Waals surface area contributed by atoms with E-state index in [2.05, 4.69) is 10.2 Å². The topological polar surface area (TPSA) is 33.7 Å². The minimum atomic E-state index is 0. The molecule has 1 aromatic rings. The Labute approximate surface area is 156 Å². The first-order valence-electron chi connectivity index (χ1n) is 8.58.